The standard InChI is InChI=1S/C11H16N4O5S/c1-7-12-5-10(15(18)19)14(7)3-4-20-11(17)9(6-21)13-8(2)16/h5,9,21H,3-4,6H2,1-2H3,(H,13,16). The summed E-state index contributed by atoms with van der Waals surface area (Å²) >= 11 is 3.95. The first kappa shape index (κ1) is 17.0. The van der Waals surface area contributed by atoms with E-state index in [2.05, 4.69) is 22.9 Å². The molecule has 0 bridgehead atoms. The molecule has 0 saturated carbocycles. The largest absolute Gasteiger partial charge is 0.460 e. The maximum atomic E-state index is 11.7. The average molecular weight is 316 g/mol. The third-order valence-corrected chi connectivity index (χ3v) is 2.99. The quantitative estimate of drug-likeness (QED) is 0.318. The lowest BCUT2D eigenvalue weighted by atomic mass is 10.3. The van der Waals surface area contributed by atoms with Gasteiger partial charge in [-0.3, -0.25) is 4.79 Å². The highest BCUT2D eigenvalue weighted by Crippen LogP contribution is 2.13. The minimum absolute atomic E-state index is 0.0687. The van der Waals surface area contributed by atoms with Crippen LogP contribution in [0.3, 0.4) is 0 Å². The van der Waals surface area contributed by atoms with Gasteiger partial charge in [-0.25, -0.2) is 14.3 Å². The molecule has 1 aromatic heterocycles. The number of carbonyl (C=O) groups is 2. The number of amides is 1. The molecule has 1 rings (SSSR count). The highest BCUT2D eigenvalue weighted by atomic mass is 32.1. The van der Waals surface area contributed by atoms with E-state index in [1.165, 1.54) is 11.5 Å². The average Bonchev–Trinajstić information content (AvgIpc) is 2.77. The molecule has 0 aliphatic rings. The van der Waals surface area contributed by atoms with Crippen LogP contribution in [0.15, 0.2) is 6.20 Å². The van der Waals surface area contributed by atoms with Gasteiger partial charge in [-0.2, -0.15) is 12.6 Å². The SMILES string of the molecule is CC(=O)NC(CS)C(=O)OCCn1c([N+](=O)[O-])cnc1C. The van der Waals surface area contributed by atoms with E-state index < -0.39 is 16.9 Å². The first-order valence-corrected chi connectivity index (χ1v) is 6.71. The van der Waals surface area contributed by atoms with E-state index in [1.807, 2.05) is 0 Å². The van der Waals surface area contributed by atoms with Gasteiger partial charge in [-0.15, -0.1) is 0 Å². The minimum atomic E-state index is -0.843. The minimum Gasteiger partial charge on any atom is -0.460 e. The van der Waals surface area contributed by atoms with Crippen molar-refractivity contribution in [3.05, 3.63) is 22.1 Å². The number of carbonyl (C=O) groups excluding carboxylic acids is 2. The zero-order valence-corrected chi connectivity index (χ0v) is 12.5. The Hall–Kier alpha value is -2.10. The fourth-order valence-corrected chi connectivity index (χ4v) is 1.88. The summed E-state index contributed by atoms with van der Waals surface area (Å²) in [6.07, 6.45) is 1.14. The van der Waals surface area contributed by atoms with Crippen LogP contribution < -0.4 is 5.32 Å². The first-order valence-electron chi connectivity index (χ1n) is 6.08. The Bertz CT molecular complexity index is 545. The van der Waals surface area contributed by atoms with Gasteiger partial charge in [-0.1, -0.05) is 0 Å². The van der Waals surface area contributed by atoms with Gasteiger partial charge >= 0.3 is 11.8 Å². The van der Waals surface area contributed by atoms with Gasteiger partial charge in [-0.05, 0) is 4.92 Å². The number of imidazole rings is 1. The number of nitrogens with zero attached hydrogens (tertiary/aromatic N) is 3. The molecule has 116 valence electrons. The van der Waals surface area contributed by atoms with Crippen LogP contribution in [0.2, 0.25) is 0 Å². The van der Waals surface area contributed by atoms with Crippen LogP contribution >= 0.6 is 12.6 Å². The monoisotopic (exact) mass is 316 g/mol. The van der Waals surface area contributed by atoms with E-state index in [1.54, 1.807) is 6.92 Å². The van der Waals surface area contributed by atoms with Crippen LogP contribution in [0.5, 0.6) is 0 Å². The van der Waals surface area contributed by atoms with Gasteiger partial charge in [0.15, 0.2) is 5.82 Å². The van der Waals surface area contributed by atoms with Crippen LogP contribution in [-0.2, 0) is 20.9 Å². The van der Waals surface area contributed by atoms with Crippen LogP contribution in [0.4, 0.5) is 5.82 Å². The van der Waals surface area contributed by atoms with Gasteiger partial charge in [0.25, 0.3) is 0 Å². The Balaban J connectivity index is 2.57. The summed E-state index contributed by atoms with van der Waals surface area (Å²) in [7, 11) is 0. The Morgan fingerprint density at radius 1 is 1.62 bits per heavy atom. The molecule has 0 radical (unpaired) electrons. The topological polar surface area (TPSA) is 116 Å². The number of rotatable bonds is 7. The highest BCUT2D eigenvalue weighted by Gasteiger charge is 2.21. The molecule has 0 aromatic carbocycles. The summed E-state index contributed by atoms with van der Waals surface area (Å²) in [6.45, 7) is 2.93. The number of hydrogen-bond acceptors (Lipinski definition) is 7. The molecule has 1 unspecified atom stereocenters. The lowest BCUT2D eigenvalue weighted by Gasteiger charge is -2.14. The van der Waals surface area contributed by atoms with Crippen molar-refractivity contribution in [1.82, 2.24) is 14.9 Å². The number of aryl methyl sites for hydroxylation is 1. The molecule has 1 aromatic rings. The summed E-state index contributed by atoms with van der Waals surface area (Å²) in [6, 6.07) is -0.843. The predicted molar refractivity (Wildman–Crippen MR) is 76.0 cm³/mol. The summed E-state index contributed by atoms with van der Waals surface area (Å²) in [5.74, 6) is -0.628. The Kier molecular flexibility index (Phi) is 6.15. The molecular formula is C11H16N4O5S. The molecule has 0 aliphatic heterocycles. The molecule has 10 heteroatoms. The molecule has 1 heterocycles. The molecule has 0 saturated heterocycles. The second kappa shape index (κ2) is 7.62. The number of ether oxygens (including phenoxy) is 1. The van der Waals surface area contributed by atoms with Crippen molar-refractivity contribution >= 4 is 30.3 Å². The number of esters is 1. The molecule has 21 heavy (non-hydrogen) atoms. The van der Waals surface area contributed by atoms with Crippen molar-refractivity contribution in [3.63, 3.8) is 0 Å². The molecule has 0 fully saturated rings. The van der Waals surface area contributed by atoms with Crippen molar-refractivity contribution in [1.29, 1.82) is 0 Å². The third kappa shape index (κ3) is 4.74. The van der Waals surface area contributed by atoms with E-state index in [4.69, 9.17) is 4.74 Å². The Morgan fingerprint density at radius 3 is 2.81 bits per heavy atom. The van der Waals surface area contributed by atoms with Crippen molar-refractivity contribution in [3.8, 4) is 0 Å². The molecule has 1 N–H and O–H groups in total. The summed E-state index contributed by atoms with van der Waals surface area (Å²) < 4.78 is 6.32. The van der Waals surface area contributed by atoms with E-state index in [9.17, 15) is 19.7 Å². The van der Waals surface area contributed by atoms with E-state index in [-0.39, 0.29) is 30.6 Å². The number of thiol groups is 1. The molecule has 0 aliphatic carbocycles. The Morgan fingerprint density at radius 2 is 2.29 bits per heavy atom. The molecule has 1 amide bonds. The summed E-state index contributed by atoms with van der Waals surface area (Å²) in [5.41, 5.74) is 0. The molecular weight excluding hydrogens is 300 g/mol. The third-order valence-electron chi connectivity index (χ3n) is 2.62. The predicted octanol–water partition coefficient (Wildman–Crippen LogP) is 0.0774. The zero-order chi connectivity index (χ0) is 16.0. The van der Waals surface area contributed by atoms with Crippen molar-refractivity contribution in [2.45, 2.75) is 26.4 Å². The smallest absolute Gasteiger partial charge is 0.342 e. The van der Waals surface area contributed by atoms with Gasteiger partial charge < -0.3 is 20.2 Å². The zero-order valence-electron chi connectivity index (χ0n) is 11.6. The molecule has 9 nitrogen and oxygen atoms in total. The van der Waals surface area contributed by atoms with Crippen LogP contribution in [0.1, 0.15) is 12.7 Å². The molecule has 1 atom stereocenters. The van der Waals surface area contributed by atoms with Gasteiger partial charge in [0.2, 0.25) is 5.91 Å². The fourth-order valence-electron chi connectivity index (χ4n) is 1.64. The summed E-state index contributed by atoms with van der Waals surface area (Å²) in [5, 5.41) is 13.2. The second-order valence-electron chi connectivity index (χ2n) is 4.18. The number of nitro groups is 1. The fraction of sp³-hybridized carbons (Fsp3) is 0.545. The van der Waals surface area contributed by atoms with Crippen molar-refractivity contribution in [2.75, 3.05) is 12.4 Å². The van der Waals surface area contributed by atoms with Crippen LogP contribution in [0.25, 0.3) is 0 Å². The maximum Gasteiger partial charge on any atom is 0.342 e. The molecule has 0 spiro atoms. The van der Waals surface area contributed by atoms with Gasteiger partial charge in [0, 0.05) is 19.6 Å². The van der Waals surface area contributed by atoms with Crippen molar-refractivity contribution in [2.24, 2.45) is 0 Å². The summed E-state index contributed by atoms with van der Waals surface area (Å²) in [4.78, 5) is 36.7. The number of hydrogen-bond donors (Lipinski definition) is 2. The van der Waals surface area contributed by atoms with Crippen LogP contribution in [-0.4, -0.2) is 44.8 Å². The van der Waals surface area contributed by atoms with E-state index >= 15 is 0 Å². The lowest BCUT2D eigenvalue weighted by molar-refractivity contribution is -0.392. The van der Waals surface area contributed by atoms with Crippen LogP contribution in [0, 0.1) is 17.0 Å². The van der Waals surface area contributed by atoms with Gasteiger partial charge in [0.1, 0.15) is 25.4 Å². The first-order chi connectivity index (χ1) is 9.86. The lowest BCUT2D eigenvalue weighted by Crippen LogP contribution is -2.42. The highest BCUT2D eigenvalue weighted by molar-refractivity contribution is 7.80. The van der Waals surface area contributed by atoms with E-state index in [0.717, 1.165) is 6.20 Å². The number of nitrogens with one attached hydrogen (secondary N) is 1. The maximum absolute atomic E-state index is 11.7. The second-order valence-corrected chi connectivity index (χ2v) is 4.54. The van der Waals surface area contributed by atoms with Crippen molar-refractivity contribution < 1.29 is 19.2 Å². The Labute approximate surface area is 126 Å². The number of aromatic nitrogens is 2. The van der Waals surface area contributed by atoms with E-state index in [0.29, 0.717) is 5.82 Å². The normalized spacial score (nSPS) is 11.8. The van der Waals surface area contributed by atoms with Gasteiger partial charge in [0.05, 0.1) is 0 Å².